The molecule has 0 saturated carbocycles. The third-order valence-electron chi connectivity index (χ3n) is 3.77. The Labute approximate surface area is 138 Å². The average Bonchev–Trinajstić information content (AvgIpc) is 2.35. The molecule has 0 spiro atoms. The third-order valence-corrected chi connectivity index (χ3v) is 8.70. The first-order valence-corrected chi connectivity index (χ1v) is 11.5. The Bertz CT molecular complexity index is 335. The first-order chi connectivity index (χ1) is 9.68. The number of nitrogens with zero attached hydrogens (tertiary/aromatic N) is 2. The predicted molar refractivity (Wildman–Crippen MR) is 95.7 cm³/mol. The van der Waals surface area contributed by atoms with E-state index in [-0.39, 0.29) is 24.7 Å². The number of hydrogen-bond acceptors (Lipinski definition) is 4. The zero-order valence-electron chi connectivity index (χ0n) is 13.9. The van der Waals surface area contributed by atoms with Gasteiger partial charge in [0.15, 0.2) is 0 Å². The van der Waals surface area contributed by atoms with Gasteiger partial charge in [0.1, 0.15) is 0 Å². The summed E-state index contributed by atoms with van der Waals surface area (Å²) in [7, 11) is -3.97. The SMILES string of the molecule is CC(C)N(C(C)C)P(O)(O)(CCC#N)CCCCCCBr. The number of halogens is 1. The van der Waals surface area contributed by atoms with Crippen molar-refractivity contribution in [1.82, 2.24) is 4.67 Å². The second-order valence-electron chi connectivity index (χ2n) is 6.37. The van der Waals surface area contributed by atoms with Gasteiger partial charge in [-0.3, -0.25) is 0 Å². The molecule has 0 aliphatic heterocycles. The molecule has 0 heterocycles. The van der Waals surface area contributed by atoms with E-state index in [0.29, 0.717) is 6.16 Å². The van der Waals surface area contributed by atoms with Crippen LogP contribution < -0.4 is 0 Å². The van der Waals surface area contributed by atoms with Gasteiger partial charge >= 0.3 is 138 Å². The summed E-state index contributed by atoms with van der Waals surface area (Å²) in [5.74, 6) is 0. The zero-order valence-corrected chi connectivity index (χ0v) is 16.4. The Morgan fingerprint density at radius 3 is 1.95 bits per heavy atom. The number of unbranched alkanes of at least 4 members (excludes halogenated alkanes) is 3. The van der Waals surface area contributed by atoms with E-state index < -0.39 is 7.21 Å². The fourth-order valence-electron chi connectivity index (χ4n) is 3.17. The molecule has 21 heavy (non-hydrogen) atoms. The predicted octanol–water partition coefficient (Wildman–Crippen LogP) is 4.26. The molecule has 0 radical (unpaired) electrons. The van der Waals surface area contributed by atoms with Crippen molar-refractivity contribution in [2.45, 2.75) is 71.9 Å². The molecule has 0 amide bonds. The van der Waals surface area contributed by atoms with Crippen LogP contribution in [0.1, 0.15) is 59.8 Å². The monoisotopic (exact) mass is 382 g/mol. The van der Waals surface area contributed by atoms with Crippen LogP contribution >= 0.6 is 23.1 Å². The molecule has 0 atom stereocenters. The molecule has 0 aliphatic carbocycles. The van der Waals surface area contributed by atoms with E-state index in [2.05, 4.69) is 22.0 Å². The zero-order chi connectivity index (χ0) is 16.5. The van der Waals surface area contributed by atoms with Crippen molar-refractivity contribution in [3.05, 3.63) is 0 Å². The van der Waals surface area contributed by atoms with E-state index >= 15 is 0 Å². The number of rotatable bonds is 11. The summed E-state index contributed by atoms with van der Waals surface area (Å²) in [6, 6.07) is 2.18. The van der Waals surface area contributed by atoms with Gasteiger partial charge in [0.2, 0.25) is 0 Å². The van der Waals surface area contributed by atoms with Crippen LogP contribution in [0.5, 0.6) is 0 Å². The molecule has 0 aliphatic rings. The van der Waals surface area contributed by atoms with Crippen LogP contribution in [0.4, 0.5) is 0 Å². The minimum absolute atomic E-state index is 0.0545. The van der Waals surface area contributed by atoms with Crippen LogP contribution in [0.15, 0.2) is 0 Å². The quantitative estimate of drug-likeness (QED) is 0.318. The summed E-state index contributed by atoms with van der Waals surface area (Å²) in [5.41, 5.74) is 0. The normalized spacial score (nSPS) is 14.4. The van der Waals surface area contributed by atoms with E-state index in [9.17, 15) is 9.79 Å². The summed E-state index contributed by atoms with van der Waals surface area (Å²) in [4.78, 5) is 22.4. The van der Waals surface area contributed by atoms with Gasteiger partial charge in [0.25, 0.3) is 0 Å². The van der Waals surface area contributed by atoms with Crippen molar-refractivity contribution in [1.29, 1.82) is 5.26 Å². The maximum absolute atomic E-state index is 11.2. The second kappa shape index (κ2) is 9.43. The Balaban J connectivity index is 5.04. The molecule has 0 rings (SSSR count). The fraction of sp³-hybridized carbons (Fsp3) is 0.933. The van der Waals surface area contributed by atoms with Crippen LogP contribution in [-0.2, 0) is 0 Å². The summed E-state index contributed by atoms with van der Waals surface area (Å²) < 4.78 is 1.87. The minimum atomic E-state index is -3.97. The number of nitriles is 1. The van der Waals surface area contributed by atoms with E-state index in [0.717, 1.165) is 31.0 Å². The molecule has 0 fully saturated rings. The molecule has 6 heteroatoms. The van der Waals surface area contributed by atoms with Crippen molar-refractivity contribution in [3.63, 3.8) is 0 Å². The van der Waals surface area contributed by atoms with Crippen molar-refractivity contribution in [2.24, 2.45) is 0 Å². The van der Waals surface area contributed by atoms with E-state index in [1.165, 1.54) is 0 Å². The molecule has 0 bridgehead atoms. The van der Waals surface area contributed by atoms with Gasteiger partial charge in [-0.25, -0.2) is 0 Å². The van der Waals surface area contributed by atoms with Gasteiger partial charge in [-0.1, -0.05) is 0 Å². The van der Waals surface area contributed by atoms with Gasteiger partial charge in [0.05, 0.1) is 0 Å². The average molecular weight is 383 g/mol. The van der Waals surface area contributed by atoms with Gasteiger partial charge in [-0.15, -0.1) is 0 Å². The summed E-state index contributed by atoms with van der Waals surface area (Å²) in [6.45, 7) is 7.96. The number of hydrogen-bond donors (Lipinski definition) is 2. The molecule has 0 unspecified atom stereocenters. The van der Waals surface area contributed by atoms with Gasteiger partial charge in [0, 0.05) is 0 Å². The second-order valence-corrected chi connectivity index (χ2v) is 11.2. The first-order valence-electron chi connectivity index (χ1n) is 7.90. The number of alkyl halides is 1. The van der Waals surface area contributed by atoms with Gasteiger partial charge < -0.3 is 0 Å². The summed E-state index contributed by atoms with van der Waals surface area (Å²) >= 11 is 3.41. The molecule has 4 nitrogen and oxygen atoms in total. The van der Waals surface area contributed by atoms with Crippen molar-refractivity contribution >= 4 is 23.1 Å². The Morgan fingerprint density at radius 2 is 1.52 bits per heavy atom. The molecule has 0 aromatic heterocycles. The summed E-state index contributed by atoms with van der Waals surface area (Å²) in [6.07, 6.45) is 4.81. The van der Waals surface area contributed by atoms with Crippen molar-refractivity contribution in [3.8, 4) is 6.07 Å². The van der Waals surface area contributed by atoms with E-state index in [1.54, 1.807) is 0 Å². The van der Waals surface area contributed by atoms with Crippen LogP contribution in [0, 0.1) is 11.3 Å². The molecule has 0 aromatic carbocycles. The van der Waals surface area contributed by atoms with E-state index in [1.807, 2.05) is 32.4 Å². The van der Waals surface area contributed by atoms with Crippen LogP contribution in [0.2, 0.25) is 0 Å². The van der Waals surface area contributed by atoms with Crippen LogP contribution in [0.25, 0.3) is 0 Å². The Morgan fingerprint density at radius 1 is 1.00 bits per heavy atom. The summed E-state index contributed by atoms with van der Waals surface area (Å²) in [5, 5.41) is 9.86. The Hall–Kier alpha value is 0.280. The fourth-order valence-corrected chi connectivity index (χ4v) is 7.81. The maximum atomic E-state index is 11.2. The van der Waals surface area contributed by atoms with E-state index in [4.69, 9.17) is 5.26 Å². The van der Waals surface area contributed by atoms with Crippen LogP contribution in [0.3, 0.4) is 0 Å². The molecule has 126 valence electrons. The molecule has 0 aromatic rings. The van der Waals surface area contributed by atoms with Gasteiger partial charge in [-0.2, -0.15) is 0 Å². The first kappa shape index (κ1) is 21.3. The van der Waals surface area contributed by atoms with Crippen molar-refractivity contribution < 1.29 is 9.79 Å². The molecular weight excluding hydrogens is 351 g/mol. The third kappa shape index (κ3) is 6.93. The van der Waals surface area contributed by atoms with Gasteiger partial charge in [-0.05, 0) is 0 Å². The molecule has 0 saturated heterocycles. The van der Waals surface area contributed by atoms with Crippen LogP contribution in [-0.4, -0.2) is 44.2 Å². The molecular formula is C15H32BrN2O2P. The standard InChI is InChI=1S/C15H32BrN2O2P/c1-14(2)18(15(3)4)21(19,20,13-9-11-17)12-8-6-5-7-10-16/h14-15,19-20H,5-10,12-13H2,1-4H3. The topological polar surface area (TPSA) is 67.5 Å². The van der Waals surface area contributed by atoms with Crippen molar-refractivity contribution in [2.75, 3.05) is 17.7 Å². The Kier molecular flexibility index (Phi) is 9.55. The molecule has 2 N–H and O–H groups in total.